The molecule has 2 heteroatoms. The molecule has 0 N–H and O–H groups in total. The van der Waals surface area contributed by atoms with E-state index >= 15 is 0 Å². The molecule has 0 radical (unpaired) electrons. The molecule has 2 nitrogen and oxygen atoms in total. The molecule has 0 aliphatic heterocycles. The van der Waals surface area contributed by atoms with Gasteiger partial charge in [0, 0.05) is 16.7 Å². The summed E-state index contributed by atoms with van der Waals surface area (Å²) in [4.78, 5) is 10.6. The molecular formula is C53H34N2. The van der Waals surface area contributed by atoms with E-state index in [1.165, 1.54) is 61.2 Å². The molecule has 0 bridgehead atoms. The molecule has 0 atom stereocenters. The molecule has 0 amide bonds. The van der Waals surface area contributed by atoms with E-state index in [0.29, 0.717) is 5.82 Å². The van der Waals surface area contributed by atoms with Crippen LogP contribution in [0.1, 0.15) is 22.3 Å². The Morgan fingerprint density at radius 1 is 0.255 bits per heavy atom. The minimum absolute atomic E-state index is 0.521. The van der Waals surface area contributed by atoms with Gasteiger partial charge in [0.2, 0.25) is 0 Å². The van der Waals surface area contributed by atoms with Crippen molar-refractivity contribution in [3.8, 4) is 78.4 Å². The number of hydrogen-bond donors (Lipinski definition) is 0. The van der Waals surface area contributed by atoms with Gasteiger partial charge in [0.25, 0.3) is 0 Å². The number of aromatic nitrogens is 2. The van der Waals surface area contributed by atoms with E-state index < -0.39 is 5.41 Å². The van der Waals surface area contributed by atoms with Gasteiger partial charge in [-0.1, -0.05) is 188 Å². The van der Waals surface area contributed by atoms with E-state index in [2.05, 4.69) is 200 Å². The summed E-state index contributed by atoms with van der Waals surface area (Å²) in [6, 6.07) is 74.6. The summed E-state index contributed by atoms with van der Waals surface area (Å²) in [5.74, 6) is 0.699. The lowest BCUT2D eigenvalue weighted by Gasteiger charge is -2.35. The topological polar surface area (TPSA) is 25.8 Å². The molecule has 0 saturated carbocycles. The lowest BCUT2D eigenvalue weighted by Crippen LogP contribution is -2.29. The Labute approximate surface area is 321 Å². The van der Waals surface area contributed by atoms with Crippen molar-refractivity contribution in [2.75, 3.05) is 0 Å². The summed E-state index contributed by atoms with van der Waals surface area (Å²) in [5, 5.41) is 0. The van der Waals surface area contributed by atoms with Gasteiger partial charge in [0.05, 0.1) is 16.8 Å². The lowest BCUT2D eigenvalue weighted by atomic mass is 9.66. The highest BCUT2D eigenvalue weighted by Crippen LogP contribution is 2.61. The summed E-state index contributed by atoms with van der Waals surface area (Å²) in [5.41, 5.74) is 19.3. The molecule has 0 saturated heterocycles. The van der Waals surface area contributed by atoms with Crippen molar-refractivity contribution in [1.82, 2.24) is 9.97 Å². The summed E-state index contributed by atoms with van der Waals surface area (Å²) in [6.45, 7) is 0. The Morgan fingerprint density at radius 3 is 1.31 bits per heavy atom. The predicted octanol–water partition coefficient (Wildman–Crippen LogP) is 13.2. The van der Waals surface area contributed by atoms with Crippen LogP contribution in [0, 0.1) is 0 Å². The molecule has 1 spiro atoms. The van der Waals surface area contributed by atoms with E-state index in [4.69, 9.17) is 9.97 Å². The fourth-order valence-electron chi connectivity index (χ4n) is 9.16. The number of rotatable bonds is 4. The van der Waals surface area contributed by atoms with Crippen molar-refractivity contribution < 1.29 is 0 Å². The zero-order chi connectivity index (χ0) is 36.3. The first-order chi connectivity index (χ1) is 27.3. The van der Waals surface area contributed by atoms with Crippen LogP contribution in [0.3, 0.4) is 0 Å². The van der Waals surface area contributed by atoms with Crippen LogP contribution in [0.15, 0.2) is 206 Å². The second-order valence-corrected chi connectivity index (χ2v) is 14.5. The van der Waals surface area contributed by atoms with Crippen molar-refractivity contribution in [2.45, 2.75) is 5.41 Å². The number of nitrogens with zero attached hydrogens (tertiary/aromatic N) is 2. The maximum absolute atomic E-state index is 5.35. The summed E-state index contributed by atoms with van der Waals surface area (Å²) >= 11 is 0. The molecule has 55 heavy (non-hydrogen) atoms. The van der Waals surface area contributed by atoms with Crippen molar-refractivity contribution >= 4 is 0 Å². The van der Waals surface area contributed by atoms with Crippen molar-refractivity contribution in [2.24, 2.45) is 0 Å². The molecule has 2 aliphatic rings. The Morgan fingerprint density at radius 2 is 0.691 bits per heavy atom. The van der Waals surface area contributed by atoms with Crippen LogP contribution in [-0.2, 0) is 5.41 Å². The Balaban J connectivity index is 1.18. The van der Waals surface area contributed by atoms with Crippen LogP contribution >= 0.6 is 0 Å². The van der Waals surface area contributed by atoms with Crippen LogP contribution in [-0.4, -0.2) is 9.97 Å². The predicted molar refractivity (Wildman–Crippen MR) is 226 cm³/mol. The normalized spacial score (nSPS) is 12.9. The van der Waals surface area contributed by atoms with Crippen LogP contribution in [0.2, 0.25) is 0 Å². The highest BCUT2D eigenvalue weighted by atomic mass is 14.9. The number of hydrogen-bond acceptors (Lipinski definition) is 2. The summed E-state index contributed by atoms with van der Waals surface area (Å²) in [7, 11) is 0. The lowest BCUT2D eigenvalue weighted by molar-refractivity contribution is 0.775. The minimum atomic E-state index is -0.521. The standard InChI is InChI=1S/C53H34N2/c1-3-16-35(17-4-1)37-20-15-21-38(32-37)51-34-50(36-18-5-2-6-19-36)54-52(55-51)39-30-31-49-45(33-39)41-23-8-7-22-40(41)42-24-9-12-27-46(42)53(49)47-28-13-10-25-43(47)44-26-11-14-29-48(44)53/h1-34H. The maximum Gasteiger partial charge on any atom is 0.160 e. The van der Waals surface area contributed by atoms with Gasteiger partial charge in [-0.2, -0.15) is 0 Å². The van der Waals surface area contributed by atoms with Crippen LogP contribution in [0.25, 0.3) is 78.4 Å². The third-order valence-electron chi connectivity index (χ3n) is 11.5. The average Bonchev–Trinajstić information content (AvgIpc) is 3.51. The van der Waals surface area contributed by atoms with Gasteiger partial charge < -0.3 is 0 Å². The quantitative estimate of drug-likeness (QED) is 0.183. The van der Waals surface area contributed by atoms with E-state index in [1.807, 2.05) is 6.07 Å². The van der Waals surface area contributed by atoms with Gasteiger partial charge in [-0.3, -0.25) is 0 Å². The second kappa shape index (κ2) is 12.5. The Bertz CT molecular complexity index is 2880. The highest BCUT2D eigenvalue weighted by molar-refractivity contribution is 5.98. The molecule has 0 unspecified atom stereocenters. The van der Waals surface area contributed by atoms with Crippen molar-refractivity contribution in [3.63, 3.8) is 0 Å². The molecule has 256 valence electrons. The molecule has 8 aromatic carbocycles. The van der Waals surface area contributed by atoms with Crippen molar-refractivity contribution in [1.29, 1.82) is 0 Å². The van der Waals surface area contributed by atoms with Gasteiger partial charge in [0.15, 0.2) is 5.82 Å². The molecule has 11 rings (SSSR count). The largest absolute Gasteiger partial charge is 0.228 e. The van der Waals surface area contributed by atoms with Crippen LogP contribution < -0.4 is 0 Å². The zero-order valence-electron chi connectivity index (χ0n) is 30.0. The van der Waals surface area contributed by atoms with E-state index in [9.17, 15) is 0 Å². The zero-order valence-corrected chi connectivity index (χ0v) is 30.0. The van der Waals surface area contributed by atoms with E-state index in [-0.39, 0.29) is 0 Å². The molecule has 2 aliphatic carbocycles. The summed E-state index contributed by atoms with van der Waals surface area (Å²) in [6.07, 6.45) is 0. The summed E-state index contributed by atoms with van der Waals surface area (Å²) < 4.78 is 0. The Kier molecular flexibility index (Phi) is 7.11. The first kappa shape index (κ1) is 31.4. The molecule has 1 heterocycles. The first-order valence-corrected chi connectivity index (χ1v) is 18.9. The third kappa shape index (κ3) is 4.82. The minimum Gasteiger partial charge on any atom is -0.228 e. The SMILES string of the molecule is c1ccc(-c2cccc(-c3cc(-c4ccccc4)nc(-c4ccc5c(c4)-c4ccccc4-c4ccccc4C54c5ccccc5-c5ccccc54)n3)c2)cc1. The maximum atomic E-state index is 5.35. The Hall–Kier alpha value is -7.16. The fourth-order valence-corrected chi connectivity index (χ4v) is 9.16. The molecular weight excluding hydrogens is 665 g/mol. The van der Waals surface area contributed by atoms with Crippen molar-refractivity contribution in [3.05, 3.63) is 229 Å². The van der Waals surface area contributed by atoms with Crippen LogP contribution in [0.5, 0.6) is 0 Å². The first-order valence-electron chi connectivity index (χ1n) is 18.9. The van der Waals surface area contributed by atoms with E-state index in [1.54, 1.807) is 0 Å². The average molecular weight is 699 g/mol. The number of fused-ring (bicyclic) bond motifs is 12. The molecule has 0 fully saturated rings. The van der Waals surface area contributed by atoms with E-state index in [0.717, 1.165) is 33.6 Å². The van der Waals surface area contributed by atoms with Gasteiger partial charge in [-0.05, 0) is 85.0 Å². The van der Waals surface area contributed by atoms with Crippen LogP contribution in [0.4, 0.5) is 0 Å². The van der Waals surface area contributed by atoms with Gasteiger partial charge in [-0.15, -0.1) is 0 Å². The number of benzene rings is 8. The monoisotopic (exact) mass is 698 g/mol. The second-order valence-electron chi connectivity index (χ2n) is 14.5. The molecule has 9 aromatic rings. The van der Waals surface area contributed by atoms with Gasteiger partial charge in [-0.25, -0.2) is 9.97 Å². The fraction of sp³-hybridized carbons (Fsp3) is 0.0189. The third-order valence-corrected chi connectivity index (χ3v) is 11.5. The van der Waals surface area contributed by atoms with Gasteiger partial charge >= 0.3 is 0 Å². The smallest absolute Gasteiger partial charge is 0.160 e. The van der Waals surface area contributed by atoms with Gasteiger partial charge in [0.1, 0.15) is 0 Å². The highest BCUT2D eigenvalue weighted by Gasteiger charge is 2.49. The molecule has 1 aromatic heterocycles.